The molecule has 216 valence electrons. The summed E-state index contributed by atoms with van der Waals surface area (Å²) in [4.78, 5) is 44.3. The van der Waals surface area contributed by atoms with Gasteiger partial charge in [-0.3, -0.25) is 4.79 Å². The summed E-state index contributed by atoms with van der Waals surface area (Å²) in [7, 11) is 0. The number of carbonyl (C=O) groups excluding carboxylic acids is 1. The molecular weight excluding hydrogens is 540 g/mol. The van der Waals surface area contributed by atoms with Crippen LogP contribution in [-0.2, 0) is 16.0 Å². The molecule has 6 rings (SSSR count). The van der Waals surface area contributed by atoms with Gasteiger partial charge in [-0.05, 0) is 60.9 Å². The summed E-state index contributed by atoms with van der Waals surface area (Å²) in [6.45, 7) is -0.494. The van der Waals surface area contributed by atoms with E-state index in [2.05, 4.69) is 14.9 Å². The van der Waals surface area contributed by atoms with E-state index in [0.29, 0.717) is 33.8 Å². The van der Waals surface area contributed by atoms with Crippen LogP contribution >= 0.6 is 0 Å². The summed E-state index contributed by atoms with van der Waals surface area (Å²) in [5.41, 5.74) is 4.12. The number of carbonyl (C=O) groups is 3. The van der Waals surface area contributed by atoms with Crippen molar-refractivity contribution in [3.63, 3.8) is 0 Å². The molecule has 42 heavy (non-hydrogen) atoms. The van der Waals surface area contributed by atoms with Crippen molar-refractivity contribution >= 4 is 39.8 Å². The van der Waals surface area contributed by atoms with E-state index in [9.17, 15) is 19.5 Å². The van der Waals surface area contributed by atoms with Crippen LogP contribution in [0.15, 0.2) is 65.6 Å². The quantitative estimate of drug-likeness (QED) is 0.179. The molecule has 0 bridgehead atoms. The smallest absolute Gasteiger partial charge is 0.341 e. The van der Waals surface area contributed by atoms with Gasteiger partial charge in [0.25, 0.3) is 5.91 Å². The fourth-order valence-corrected chi connectivity index (χ4v) is 5.77. The highest BCUT2D eigenvalue weighted by atomic mass is 16.5. The maximum Gasteiger partial charge on any atom is 0.341 e. The van der Waals surface area contributed by atoms with Crippen LogP contribution in [0.4, 0.5) is 0 Å². The van der Waals surface area contributed by atoms with Crippen LogP contribution < -0.4 is 10.1 Å². The first-order valence-electron chi connectivity index (χ1n) is 13.9. The number of aromatic nitrogens is 3. The second-order valence-corrected chi connectivity index (χ2v) is 10.6. The minimum Gasteiger partial charge on any atom is -0.482 e. The molecule has 1 atom stereocenters. The lowest BCUT2D eigenvalue weighted by atomic mass is 9.95. The van der Waals surface area contributed by atoms with E-state index >= 15 is 0 Å². The maximum atomic E-state index is 13.3. The third-order valence-corrected chi connectivity index (χ3v) is 7.80. The first kappa shape index (κ1) is 27.1. The molecule has 3 heterocycles. The van der Waals surface area contributed by atoms with Gasteiger partial charge in [-0.15, -0.1) is 0 Å². The van der Waals surface area contributed by atoms with Gasteiger partial charge in [0.1, 0.15) is 23.9 Å². The van der Waals surface area contributed by atoms with Gasteiger partial charge in [0.2, 0.25) is 0 Å². The van der Waals surface area contributed by atoms with E-state index in [4.69, 9.17) is 19.2 Å². The molecule has 1 amide bonds. The number of hydrogen-bond donors (Lipinski definition) is 4. The average molecular weight is 571 g/mol. The van der Waals surface area contributed by atoms with E-state index < -0.39 is 30.5 Å². The lowest BCUT2D eigenvalue weighted by molar-refractivity contribution is -0.140. The summed E-state index contributed by atoms with van der Waals surface area (Å²) in [6.07, 6.45) is 10.6. The molecule has 0 radical (unpaired) electrons. The highest BCUT2D eigenvalue weighted by Gasteiger charge is 2.26. The second kappa shape index (κ2) is 11.4. The van der Waals surface area contributed by atoms with E-state index in [1.807, 2.05) is 12.1 Å². The standard InChI is InChI=1S/C31H30N4O7/c36-28(37)17-42-22-7-8-24-23(14-22)20(15-32-24)13-26(31(39)40)34-30(38)18-6-9-27-25(12-18)33-29(19-10-11-41-16-19)35(27)21-4-2-1-3-5-21/h6-12,14-16,21,26,32H,1-5,13,17H2,(H,34,38)(H,36,37)(H,39,40)/t26-/m1/s1. The number of benzene rings is 2. The topological polar surface area (TPSA) is 160 Å². The fourth-order valence-electron chi connectivity index (χ4n) is 5.77. The minimum absolute atomic E-state index is 0.00659. The Balaban J connectivity index is 1.25. The number of nitrogens with one attached hydrogen (secondary N) is 2. The average Bonchev–Trinajstić information content (AvgIpc) is 3.74. The molecule has 0 aliphatic heterocycles. The summed E-state index contributed by atoms with van der Waals surface area (Å²) in [5.74, 6) is -1.67. The Morgan fingerprint density at radius 3 is 2.67 bits per heavy atom. The molecule has 1 fully saturated rings. The van der Waals surface area contributed by atoms with Crippen molar-refractivity contribution in [2.75, 3.05) is 6.61 Å². The Morgan fingerprint density at radius 1 is 1.10 bits per heavy atom. The Morgan fingerprint density at radius 2 is 1.93 bits per heavy atom. The molecular formula is C31H30N4O7. The molecule has 1 aliphatic rings. The van der Waals surface area contributed by atoms with Crippen LogP contribution in [-0.4, -0.2) is 55.2 Å². The lowest BCUT2D eigenvalue weighted by Gasteiger charge is -2.25. The molecule has 11 heteroatoms. The molecule has 1 saturated carbocycles. The van der Waals surface area contributed by atoms with E-state index in [0.717, 1.165) is 48.1 Å². The van der Waals surface area contributed by atoms with Crippen LogP contribution in [0.1, 0.15) is 54.1 Å². The van der Waals surface area contributed by atoms with Gasteiger partial charge < -0.3 is 34.2 Å². The summed E-state index contributed by atoms with van der Waals surface area (Å²) >= 11 is 0. The molecule has 3 aromatic heterocycles. The van der Waals surface area contributed by atoms with Crippen molar-refractivity contribution in [2.24, 2.45) is 0 Å². The number of rotatable bonds is 10. The van der Waals surface area contributed by atoms with Crippen LogP contribution in [0.3, 0.4) is 0 Å². The van der Waals surface area contributed by atoms with Gasteiger partial charge >= 0.3 is 11.9 Å². The zero-order valence-electron chi connectivity index (χ0n) is 22.7. The Labute approximate surface area is 240 Å². The number of nitrogens with zero attached hydrogens (tertiary/aromatic N) is 2. The number of aliphatic carboxylic acids is 2. The van der Waals surface area contributed by atoms with Crippen molar-refractivity contribution in [1.29, 1.82) is 0 Å². The van der Waals surface area contributed by atoms with Crippen molar-refractivity contribution in [3.05, 3.63) is 72.3 Å². The summed E-state index contributed by atoms with van der Waals surface area (Å²) in [6, 6.07) is 11.3. The number of H-pyrrole nitrogens is 1. The molecule has 0 saturated heterocycles. The van der Waals surface area contributed by atoms with Crippen LogP contribution in [0.25, 0.3) is 33.3 Å². The predicted molar refractivity (Wildman–Crippen MR) is 154 cm³/mol. The molecule has 11 nitrogen and oxygen atoms in total. The van der Waals surface area contributed by atoms with Gasteiger partial charge in [0.15, 0.2) is 6.61 Å². The lowest BCUT2D eigenvalue weighted by Crippen LogP contribution is -2.42. The Kier molecular flexibility index (Phi) is 7.39. The van der Waals surface area contributed by atoms with Crippen LogP contribution in [0.5, 0.6) is 5.75 Å². The molecule has 0 spiro atoms. The van der Waals surface area contributed by atoms with Crippen LogP contribution in [0, 0.1) is 0 Å². The number of hydrogen-bond acceptors (Lipinski definition) is 6. The number of imidazole rings is 1. The van der Waals surface area contributed by atoms with E-state index in [-0.39, 0.29) is 6.42 Å². The maximum absolute atomic E-state index is 13.3. The summed E-state index contributed by atoms with van der Waals surface area (Å²) < 4.78 is 12.8. The van der Waals surface area contributed by atoms with Gasteiger partial charge in [-0.1, -0.05) is 19.3 Å². The number of amides is 1. The zero-order chi connectivity index (χ0) is 29.2. The Bertz CT molecular complexity index is 1760. The van der Waals surface area contributed by atoms with Crippen molar-refractivity contribution in [1.82, 2.24) is 19.9 Å². The number of fused-ring (bicyclic) bond motifs is 2. The molecule has 1 aliphatic carbocycles. The molecule has 5 aromatic rings. The number of furan rings is 1. The Hall–Kier alpha value is -5.06. The number of ether oxygens (including phenoxy) is 1. The number of aromatic amines is 1. The minimum atomic E-state index is -1.21. The molecule has 4 N–H and O–H groups in total. The highest BCUT2D eigenvalue weighted by molar-refractivity contribution is 6.00. The predicted octanol–water partition coefficient (Wildman–Crippen LogP) is 5.17. The number of carboxylic acid groups (broad SMARTS) is 2. The monoisotopic (exact) mass is 570 g/mol. The van der Waals surface area contributed by atoms with Gasteiger partial charge in [0.05, 0.1) is 22.9 Å². The van der Waals surface area contributed by atoms with Crippen molar-refractivity contribution in [2.45, 2.75) is 50.6 Å². The normalized spacial score (nSPS) is 14.7. The third-order valence-electron chi connectivity index (χ3n) is 7.80. The number of carboxylic acids is 2. The van der Waals surface area contributed by atoms with E-state index in [1.54, 1.807) is 49.1 Å². The van der Waals surface area contributed by atoms with Crippen molar-refractivity contribution in [3.8, 4) is 17.1 Å². The van der Waals surface area contributed by atoms with Gasteiger partial charge in [-0.2, -0.15) is 0 Å². The summed E-state index contributed by atoms with van der Waals surface area (Å²) in [5, 5.41) is 22.2. The van der Waals surface area contributed by atoms with Crippen molar-refractivity contribution < 1.29 is 33.8 Å². The van der Waals surface area contributed by atoms with Crippen LogP contribution in [0.2, 0.25) is 0 Å². The largest absolute Gasteiger partial charge is 0.482 e. The molecule has 0 unspecified atom stereocenters. The zero-order valence-corrected chi connectivity index (χ0v) is 22.7. The first-order chi connectivity index (χ1) is 20.4. The third kappa shape index (κ3) is 5.45. The first-order valence-corrected chi connectivity index (χ1v) is 13.9. The molecule has 2 aromatic carbocycles. The van der Waals surface area contributed by atoms with E-state index in [1.165, 1.54) is 6.42 Å². The highest BCUT2D eigenvalue weighted by Crippen LogP contribution is 2.36. The SMILES string of the molecule is O=C(O)COc1ccc2[nH]cc(C[C@@H](NC(=O)c3ccc4c(c3)nc(-c3ccoc3)n4C3CCCCC3)C(=O)O)c2c1. The fraction of sp³-hybridized carbons (Fsp3) is 0.290. The van der Waals surface area contributed by atoms with Gasteiger partial charge in [-0.25, -0.2) is 14.6 Å². The second-order valence-electron chi connectivity index (χ2n) is 10.6. The van der Waals surface area contributed by atoms with Gasteiger partial charge in [0, 0.05) is 35.1 Å².